The number of benzene rings is 1. The van der Waals surface area contributed by atoms with Gasteiger partial charge in [0.15, 0.2) is 0 Å². The summed E-state index contributed by atoms with van der Waals surface area (Å²) in [5.41, 5.74) is 0. The molecule has 63 valence electrons. The molecule has 0 amide bonds. The van der Waals surface area contributed by atoms with Gasteiger partial charge in [-0.05, 0) is 0 Å². The zero-order valence-electron chi connectivity index (χ0n) is 5.88. The van der Waals surface area contributed by atoms with Crippen LogP contribution >= 0.6 is 22.6 Å². The van der Waals surface area contributed by atoms with Gasteiger partial charge in [0.2, 0.25) is 0 Å². The molecule has 0 unspecified atom stereocenters. The van der Waals surface area contributed by atoms with Crippen LogP contribution in [0.4, 0.5) is 0 Å². The third kappa shape index (κ3) is 10.3. The van der Waals surface area contributed by atoms with E-state index in [1.165, 1.54) is 0 Å². The van der Waals surface area contributed by atoms with Crippen LogP contribution in [0.1, 0.15) is 0 Å². The second-order valence-electron chi connectivity index (χ2n) is 1.45. The molecular weight excluding hydrogens is 298 g/mol. The molecule has 0 atom stereocenters. The van der Waals surface area contributed by atoms with Crippen molar-refractivity contribution in [3.63, 3.8) is 0 Å². The van der Waals surface area contributed by atoms with Crippen molar-refractivity contribution in [1.82, 2.24) is 0 Å². The first-order valence-electron chi connectivity index (χ1n) is 2.81. The Bertz CT molecular complexity index is 155. The molecule has 0 fully saturated rings. The predicted octanol–water partition coefficient (Wildman–Crippen LogP) is 2.45. The van der Waals surface area contributed by atoms with Gasteiger partial charge < -0.3 is 12.0 Å². The second-order valence-corrected chi connectivity index (χ2v) is 2.53. The van der Waals surface area contributed by atoms with Crippen LogP contribution in [0.25, 0.3) is 0 Å². The van der Waals surface area contributed by atoms with E-state index in [9.17, 15) is 0 Å². The molecule has 0 aliphatic heterocycles. The van der Waals surface area contributed by atoms with E-state index in [0.717, 1.165) is 4.43 Å². The summed E-state index contributed by atoms with van der Waals surface area (Å²) in [5, 5.41) is 8.61. The van der Waals surface area contributed by atoms with E-state index in [0.29, 0.717) is 5.75 Å². The maximum absolute atomic E-state index is 8.61. The minimum absolute atomic E-state index is 0. The summed E-state index contributed by atoms with van der Waals surface area (Å²) in [5.74, 6) is 0.291. The molecule has 0 bridgehead atoms. The molecule has 0 aromatic heterocycles. The van der Waals surface area contributed by atoms with Crippen molar-refractivity contribution in [3.05, 3.63) is 37.3 Å². The smallest absolute Gasteiger partial charge is 0.533 e. The van der Waals surface area contributed by atoms with Crippen LogP contribution in [0.3, 0.4) is 0 Å². The van der Waals surface area contributed by atoms with Gasteiger partial charge in [-0.25, -0.2) is 0 Å². The topological polar surface area (TPSA) is 20.2 Å². The number of phenols is 1. The average molecular weight is 307 g/mol. The summed E-state index contributed by atoms with van der Waals surface area (Å²) in [6, 6.07) is 9.26. The molecular formula is C8H9CoIO. The number of alkyl halides is 1. The van der Waals surface area contributed by atoms with Gasteiger partial charge in [0.25, 0.3) is 0 Å². The van der Waals surface area contributed by atoms with Crippen molar-refractivity contribution >= 4 is 22.6 Å². The predicted molar refractivity (Wildman–Crippen MR) is 51.2 cm³/mol. The summed E-state index contributed by atoms with van der Waals surface area (Å²) in [6.07, 6.45) is 0. The van der Waals surface area contributed by atoms with Crippen molar-refractivity contribution in [2.24, 2.45) is 0 Å². The normalized spacial score (nSPS) is 7.09. The molecule has 0 heterocycles. The molecule has 1 aromatic carbocycles. The fraction of sp³-hybridized carbons (Fsp3) is 0.125. The number of rotatable bonds is 0. The largest absolute Gasteiger partial charge is 2.00 e. The van der Waals surface area contributed by atoms with Crippen LogP contribution in [0.2, 0.25) is 0 Å². The third-order valence-corrected chi connectivity index (χ3v) is 0.701. The van der Waals surface area contributed by atoms with Crippen LogP contribution < -0.4 is 0 Å². The van der Waals surface area contributed by atoms with Crippen molar-refractivity contribution in [2.45, 2.75) is 0 Å². The minimum atomic E-state index is 0. The standard InChI is InChI=1S/C6H5O.C2H4I.Co/c7-6-4-2-1-3-5-6;1-2-3;/h2-5,7H;1-2H2;/q2*-1;+2. The van der Waals surface area contributed by atoms with Gasteiger partial charge in [-0.3, -0.25) is 0 Å². The molecule has 1 rings (SSSR count). The summed E-state index contributed by atoms with van der Waals surface area (Å²) in [4.78, 5) is 0. The average Bonchev–Trinajstić information content (AvgIpc) is 1.91. The van der Waals surface area contributed by atoms with Crippen LogP contribution in [0.15, 0.2) is 24.3 Å². The maximum atomic E-state index is 8.61. The third-order valence-electron chi connectivity index (χ3n) is 0.701. The van der Waals surface area contributed by atoms with Gasteiger partial charge in [-0.1, -0.05) is 0 Å². The van der Waals surface area contributed by atoms with Crippen LogP contribution in [0, 0.1) is 13.0 Å². The van der Waals surface area contributed by atoms with Gasteiger partial charge in [0.05, 0.1) is 0 Å². The van der Waals surface area contributed by atoms with Crippen molar-refractivity contribution in [3.8, 4) is 5.75 Å². The zero-order chi connectivity index (χ0) is 7.82. The number of halogens is 1. The van der Waals surface area contributed by atoms with Crippen molar-refractivity contribution in [2.75, 3.05) is 4.43 Å². The second kappa shape index (κ2) is 10.3. The maximum Gasteiger partial charge on any atom is 2.00 e. The molecule has 1 aromatic rings. The Hall–Kier alpha value is 0.256. The van der Waals surface area contributed by atoms with Crippen LogP contribution in [-0.2, 0) is 16.8 Å². The Morgan fingerprint density at radius 2 is 1.82 bits per heavy atom. The SMILES string of the molecule is Oc1cc[c-]cc1.[CH2-]CI.[Co+2]. The Balaban J connectivity index is 0. The summed E-state index contributed by atoms with van der Waals surface area (Å²) in [6.45, 7) is 3.47. The van der Waals surface area contributed by atoms with Gasteiger partial charge in [0.1, 0.15) is 0 Å². The molecule has 0 saturated heterocycles. The van der Waals surface area contributed by atoms with E-state index in [4.69, 9.17) is 5.11 Å². The molecule has 3 heteroatoms. The van der Waals surface area contributed by atoms with E-state index in [1.807, 2.05) is 0 Å². The van der Waals surface area contributed by atoms with Crippen LogP contribution in [-0.4, -0.2) is 9.53 Å². The zero-order valence-corrected chi connectivity index (χ0v) is 9.08. The molecule has 0 saturated carbocycles. The first-order chi connectivity index (χ1) is 4.81. The first-order valence-corrected chi connectivity index (χ1v) is 4.34. The Morgan fingerprint density at radius 1 is 1.45 bits per heavy atom. The van der Waals surface area contributed by atoms with Gasteiger partial charge >= 0.3 is 16.8 Å². The molecule has 11 heavy (non-hydrogen) atoms. The minimum Gasteiger partial charge on any atom is -0.533 e. The van der Waals surface area contributed by atoms with Gasteiger partial charge in [0, 0.05) is 5.75 Å². The number of hydrogen-bond acceptors (Lipinski definition) is 1. The molecule has 0 spiro atoms. The summed E-state index contributed by atoms with van der Waals surface area (Å²) < 4.78 is 0.970. The van der Waals surface area contributed by atoms with E-state index in [2.05, 4.69) is 35.6 Å². The van der Waals surface area contributed by atoms with E-state index < -0.39 is 0 Å². The quantitative estimate of drug-likeness (QED) is 0.443. The van der Waals surface area contributed by atoms with Crippen molar-refractivity contribution in [1.29, 1.82) is 0 Å². The Kier molecular flexibility index (Phi) is 12.9. The van der Waals surface area contributed by atoms with Gasteiger partial charge in [-0.15, -0.1) is 39.2 Å². The molecule has 1 N–H and O–H groups in total. The summed E-state index contributed by atoms with van der Waals surface area (Å²) >= 11 is 2.18. The van der Waals surface area contributed by atoms with Crippen LogP contribution in [0.5, 0.6) is 5.75 Å². The number of hydrogen-bond donors (Lipinski definition) is 1. The molecule has 0 aliphatic carbocycles. The first kappa shape index (κ1) is 13.8. The molecule has 1 radical (unpaired) electrons. The monoisotopic (exact) mass is 307 g/mol. The van der Waals surface area contributed by atoms with Gasteiger partial charge in [-0.2, -0.15) is 18.2 Å². The van der Waals surface area contributed by atoms with E-state index >= 15 is 0 Å². The van der Waals surface area contributed by atoms with Crippen molar-refractivity contribution < 1.29 is 21.9 Å². The molecule has 0 aliphatic rings. The Labute approximate surface area is 91.5 Å². The van der Waals surface area contributed by atoms with E-state index in [-0.39, 0.29) is 16.8 Å². The molecule has 1 nitrogen and oxygen atoms in total. The number of aromatic hydroxyl groups is 1. The Morgan fingerprint density at radius 3 is 2.00 bits per heavy atom. The fourth-order valence-corrected chi connectivity index (χ4v) is 0.378. The fourth-order valence-electron chi connectivity index (χ4n) is 0.378. The summed E-state index contributed by atoms with van der Waals surface area (Å²) in [7, 11) is 0. The van der Waals surface area contributed by atoms with E-state index in [1.54, 1.807) is 24.3 Å². The number of phenolic OH excluding ortho intramolecular Hbond substituents is 1.